The molecule has 0 radical (unpaired) electrons. The maximum Gasteiger partial charge on any atom is 0.343 e. The average molecular weight is 372 g/mol. The van der Waals surface area contributed by atoms with Crippen LogP contribution in [0.1, 0.15) is 11.1 Å². The van der Waals surface area contributed by atoms with E-state index in [1.54, 1.807) is 18.2 Å². The summed E-state index contributed by atoms with van der Waals surface area (Å²) in [5, 5.41) is 9.33. The second-order valence-corrected chi connectivity index (χ2v) is 5.53. The molecule has 0 unspecified atom stereocenters. The lowest BCUT2D eigenvalue weighted by Gasteiger charge is -2.05. The first-order chi connectivity index (χ1) is 11.1. The molecule has 5 heteroatoms. The molecule has 0 atom stereocenters. The van der Waals surface area contributed by atoms with E-state index in [0.717, 1.165) is 15.6 Å². The summed E-state index contributed by atoms with van der Waals surface area (Å²) in [5.74, 6) is 0.130. The van der Waals surface area contributed by atoms with Gasteiger partial charge in [0.25, 0.3) is 0 Å². The maximum atomic E-state index is 11.0. The van der Waals surface area contributed by atoms with Gasteiger partial charge in [-0.2, -0.15) is 5.26 Å². The Morgan fingerprint density at radius 1 is 1.17 bits per heavy atom. The molecule has 0 saturated heterocycles. The molecular weight excluding hydrogens is 358 g/mol. The van der Waals surface area contributed by atoms with Crippen molar-refractivity contribution in [3.05, 3.63) is 64.1 Å². The van der Waals surface area contributed by atoms with Crippen LogP contribution in [0.4, 0.5) is 0 Å². The predicted molar refractivity (Wildman–Crippen MR) is 91.6 cm³/mol. The number of carbonyl (C=O) groups is 1. The van der Waals surface area contributed by atoms with Crippen molar-refractivity contribution >= 4 is 33.5 Å². The van der Waals surface area contributed by atoms with E-state index in [1.165, 1.54) is 7.11 Å². The minimum Gasteiger partial charge on any atom is -0.482 e. The largest absolute Gasteiger partial charge is 0.482 e. The van der Waals surface area contributed by atoms with Crippen LogP contribution in [0.2, 0.25) is 0 Å². The first kappa shape index (κ1) is 16.8. The van der Waals surface area contributed by atoms with Crippen LogP contribution in [0.5, 0.6) is 5.75 Å². The zero-order chi connectivity index (χ0) is 16.7. The fourth-order valence-electron chi connectivity index (χ4n) is 1.84. The van der Waals surface area contributed by atoms with Gasteiger partial charge in [0.15, 0.2) is 6.61 Å². The third-order valence-electron chi connectivity index (χ3n) is 3.05. The van der Waals surface area contributed by atoms with Gasteiger partial charge >= 0.3 is 5.97 Å². The van der Waals surface area contributed by atoms with Crippen LogP contribution in [0.15, 0.2) is 53.0 Å². The first-order valence-electron chi connectivity index (χ1n) is 6.80. The van der Waals surface area contributed by atoms with Crippen LogP contribution in [-0.2, 0) is 9.53 Å². The summed E-state index contributed by atoms with van der Waals surface area (Å²) >= 11 is 3.37. The summed E-state index contributed by atoms with van der Waals surface area (Å²) in [4.78, 5) is 11.0. The highest BCUT2D eigenvalue weighted by atomic mass is 79.9. The number of nitrogens with zero attached hydrogens (tertiary/aromatic N) is 1. The second-order valence-electron chi connectivity index (χ2n) is 4.61. The second kappa shape index (κ2) is 8.16. The number of hydrogen-bond acceptors (Lipinski definition) is 4. The zero-order valence-electron chi connectivity index (χ0n) is 12.5. The standard InChI is InChI=1S/C18H14BrNO3/c1-22-18(21)12-23-17-8-2-13(3-9-17)10-15(11-20)14-4-6-16(19)7-5-14/h2-10H,12H2,1H3/b15-10-. The van der Waals surface area contributed by atoms with Gasteiger partial charge in [0.1, 0.15) is 5.75 Å². The quantitative estimate of drug-likeness (QED) is 0.451. The maximum absolute atomic E-state index is 11.0. The molecule has 0 saturated carbocycles. The Kier molecular flexibility index (Phi) is 5.95. The van der Waals surface area contributed by atoms with Crippen molar-refractivity contribution in [1.82, 2.24) is 0 Å². The molecule has 0 aliphatic rings. The number of ether oxygens (including phenoxy) is 2. The normalized spacial score (nSPS) is 10.7. The SMILES string of the molecule is COC(=O)COc1ccc(/C=C(/C#N)c2ccc(Br)cc2)cc1. The first-order valence-corrected chi connectivity index (χ1v) is 7.59. The van der Waals surface area contributed by atoms with Crippen molar-refractivity contribution in [1.29, 1.82) is 5.26 Å². The Morgan fingerprint density at radius 3 is 2.39 bits per heavy atom. The molecule has 0 aliphatic carbocycles. The molecule has 23 heavy (non-hydrogen) atoms. The molecule has 0 N–H and O–H groups in total. The van der Waals surface area contributed by atoms with E-state index >= 15 is 0 Å². The summed E-state index contributed by atoms with van der Waals surface area (Å²) in [6.45, 7) is -0.131. The van der Waals surface area contributed by atoms with Crippen molar-refractivity contribution < 1.29 is 14.3 Å². The van der Waals surface area contributed by atoms with Crippen molar-refractivity contribution in [2.45, 2.75) is 0 Å². The summed E-state index contributed by atoms with van der Waals surface area (Å²) in [6, 6.07) is 16.9. The lowest BCUT2D eigenvalue weighted by Crippen LogP contribution is -2.12. The smallest absolute Gasteiger partial charge is 0.343 e. The molecule has 2 aromatic carbocycles. The van der Waals surface area contributed by atoms with Gasteiger partial charge in [-0.15, -0.1) is 0 Å². The molecule has 0 amide bonds. The molecule has 0 fully saturated rings. The summed E-state index contributed by atoms with van der Waals surface area (Å²) in [7, 11) is 1.31. The summed E-state index contributed by atoms with van der Waals surface area (Å²) < 4.78 is 10.7. The highest BCUT2D eigenvalue weighted by Crippen LogP contribution is 2.21. The van der Waals surface area contributed by atoms with E-state index in [-0.39, 0.29) is 6.61 Å². The van der Waals surface area contributed by atoms with Gasteiger partial charge in [-0.25, -0.2) is 4.79 Å². The Balaban J connectivity index is 2.13. The van der Waals surface area contributed by atoms with Crippen LogP contribution in [0.25, 0.3) is 11.6 Å². The number of hydrogen-bond donors (Lipinski definition) is 0. The van der Waals surface area contributed by atoms with Gasteiger partial charge in [-0.1, -0.05) is 40.2 Å². The van der Waals surface area contributed by atoms with Crippen LogP contribution in [-0.4, -0.2) is 19.7 Å². The number of halogens is 1. The molecule has 0 heterocycles. The van der Waals surface area contributed by atoms with Crippen LogP contribution in [0.3, 0.4) is 0 Å². The molecule has 116 valence electrons. The molecular formula is C18H14BrNO3. The third kappa shape index (κ3) is 4.97. The topological polar surface area (TPSA) is 59.3 Å². The van der Waals surface area contributed by atoms with E-state index in [4.69, 9.17) is 4.74 Å². The van der Waals surface area contributed by atoms with Crippen LogP contribution < -0.4 is 4.74 Å². The number of nitriles is 1. The molecule has 0 aliphatic heterocycles. The number of benzene rings is 2. The Hall–Kier alpha value is -2.58. The van der Waals surface area contributed by atoms with Gasteiger partial charge in [-0.3, -0.25) is 0 Å². The Labute approximate surface area is 143 Å². The highest BCUT2D eigenvalue weighted by Gasteiger charge is 2.03. The van der Waals surface area contributed by atoms with Crippen LogP contribution >= 0.6 is 15.9 Å². The molecule has 0 bridgehead atoms. The lowest BCUT2D eigenvalue weighted by atomic mass is 10.0. The van der Waals surface area contributed by atoms with Crippen LogP contribution in [0, 0.1) is 11.3 Å². The van der Waals surface area contributed by atoms with Gasteiger partial charge in [-0.05, 0) is 41.5 Å². The summed E-state index contributed by atoms with van der Waals surface area (Å²) in [6.07, 6.45) is 1.80. The molecule has 0 aromatic heterocycles. The molecule has 0 spiro atoms. The minimum atomic E-state index is -0.434. The van der Waals surface area contributed by atoms with Gasteiger partial charge in [0, 0.05) is 4.47 Å². The zero-order valence-corrected chi connectivity index (χ0v) is 14.0. The Morgan fingerprint density at radius 2 is 1.83 bits per heavy atom. The number of rotatable bonds is 5. The fraction of sp³-hybridized carbons (Fsp3) is 0.111. The minimum absolute atomic E-state index is 0.131. The molecule has 2 rings (SSSR count). The van der Waals surface area contributed by atoms with Crippen molar-refractivity contribution in [3.8, 4) is 11.8 Å². The van der Waals surface area contributed by atoms with Crippen molar-refractivity contribution in [2.24, 2.45) is 0 Å². The highest BCUT2D eigenvalue weighted by molar-refractivity contribution is 9.10. The van der Waals surface area contributed by atoms with E-state index < -0.39 is 5.97 Å². The van der Waals surface area contributed by atoms with Gasteiger partial charge < -0.3 is 9.47 Å². The lowest BCUT2D eigenvalue weighted by molar-refractivity contribution is -0.142. The van der Waals surface area contributed by atoms with Crippen molar-refractivity contribution in [2.75, 3.05) is 13.7 Å². The number of esters is 1. The summed E-state index contributed by atoms with van der Waals surface area (Å²) in [5.41, 5.74) is 2.29. The predicted octanol–water partition coefficient (Wildman–Crippen LogP) is 4.07. The number of carbonyl (C=O) groups excluding carboxylic acids is 1. The Bertz CT molecular complexity index is 743. The van der Waals surface area contributed by atoms with E-state index in [0.29, 0.717) is 11.3 Å². The molecule has 4 nitrogen and oxygen atoms in total. The van der Waals surface area contributed by atoms with E-state index in [9.17, 15) is 10.1 Å². The fourth-order valence-corrected chi connectivity index (χ4v) is 2.10. The number of allylic oxidation sites excluding steroid dienone is 1. The number of methoxy groups -OCH3 is 1. The molecule has 2 aromatic rings. The van der Waals surface area contributed by atoms with E-state index in [1.807, 2.05) is 36.4 Å². The van der Waals surface area contributed by atoms with Gasteiger partial charge in [0.05, 0.1) is 18.8 Å². The monoisotopic (exact) mass is 371 g/mol. The van der Waals surface area contributed by atoms with Gasteiger partial charge in [0.2, 0.25) is 0 Å². The van der Waals surface area contributed by atoms with Crippen molar-refractivity contribution in [3.63, 3.8) is 0 Å². The average Bonchev–Trinajstić information content (AvgIpc) is 2.59. The third-order valence-corrected chi connectivity index (χ3v) is 3.58. The van der Waals surface area contributed by atoms with E-state index in [2.05, 4.69) is 26.7 Å².